The third-order valence-electron chi connectivity index (χ3n) is 7.97. The van der Waals surface area contributed by atoms with Crippen molar-refractivity contribution in [2.75, 3.05) is 55.7 Å². The summed E-state index contributed by atoms with van der Waals surface area (Å²) < 4.78 is 5.89. The first-order valence-electron chi connectivity index (χ1n) is 14.0. The van der Waals surface area contributed by atoms with Crippen molar-refractivity contribution >= 4 is 22.3 Å². The van der Waals surface area contributed by atoms with Gasteiger partial charge in [-0.2, -0.15) is 15.2 Å². The van der Waals surface area contributed by atoms with Crippen LogP contribution in [-0.4, -0.2) is 83.1 Å². The fourth-order valence-electron chi connectivity index (χ4n) is 5.88. The van der Waals surface area contributed by atoms with Crippen LogP contribution in [0.15, 0.2) is 36.4 Å². The summed E-state index contributed by atoms with van der Waals surface area (Å²) in [5.74, 6) is 0.822. The summed E-state index contributed by atoms with van der Waals surface area (Å²) in [4.78, 5) is 28.0. The average molecular weight is 544 g/mol. The van der Waals surface area contributed by atoms with Gasteiger partial charge in [0.2, 0.25) is 0 Å². The van der Waals surface area contributed by atoms with E-state index in [0.717, 1.165) is 34.9 Å². The molecular formula is C29H35N8O3+. The maximum Gasteiger partial charge on any atom is 0.318 e. The number of hydrogen-bond donors (Lipinski definition) is 2. The molecule has 208 valence electrons. The lowest BCUT2D eigenvalue weighted by molar-refractivity contribution is -0.727. The fourth-order valence-corrected chi connectivity index (χ4v) is 5.88. The molecule has 1 aromatic heterocycles. The van der Waals surface area contributed by atoms with Gasteiger partial charge >= 0.3 is 12.2 Å². The van der Waals surface area contributed by atoms with Crippen LogP contribution >= 0.6 is 0 Å². The Hall–Kier alpha value is -4.01. The lowest BCUT2D eigenvalue weighted by Gasteiger charge is -2.39. The molecule has 3 aliphatic rings. The number of aliphatic hydroxyl groups is 1. The van der Waals surface area contributed by atoms with Crippen LogP contribution in [0.25, 0.3) is 10.8 Å². The third kappa shape index (κ3) is 5.12. The molecule has 6 rings (SSSR count). The van der Waals surface area contributed by atoms with Crippen molar-refractivity contribution < 1.29 is 14.7 Å². The highest BCUT2D eigenvalue weighted by molar-refractivity contribution is 5.97. The molecular weight excluding hydrogens is 508 g/mol. The number of aryl methyl sites for hydroxylation is 1. The number of nitrogens with zero attached hydrogens (tertiary/aromatic N) is 7. The van der Waals surface area contributed by atoms with Crippen LogP contribution < -0.4 is 19.9 Å². The molecule has 11 heteroatoms. The molecule has 0 saturated carbocycles. The van der Waals surface area contributed by atoms with Gasteiger partial charge in [0.1, 0.15) is 16.7 Å². The fraction of sp³-hybridized carbons (Fsp3) is 0.483. The second-order valence-corrected chi connectivity index (χ2v) is 10.7. The predicted molar refractivity (Wildman–Crippen MR) is 151 cm³/mol. The van der Waals surface area contributed by atoms with Gasteiger partial charge in [-0.25, -0.2) is 5.32 Å². The predicted octanol–water partition coefficient (Wildman–Crippen LogP) is 2.29. The van der Waals surface area contributed by atoms with Gasteiger partial charge in [0, 0.05) is 49.3 Å². The van der Waals surface area contributed by atoms with E-state index < -0.39 is 0 Å². The first-order valence-corrected chi connectivity index (χ1v) is 14.0. The Labute approximate surface area is 233 Å². The molecule has 3 aliphatic heterocycles. The van der Waals surface area contributed by atoms with Gasteiger partial charge in [0.25, 0.3) is 0 Å². The van der Waals surface area contributed by atoms with Gasteiger partial charge in [0.05, 0.1) is 49.3 Å². The van der Waals surface area contributed by atoms with Crippen molar-refractivity contribution in [2.45, 2.75) is 44.9 Å². The van der Waals surface area contributed by atoms with Crippen LogP contribution in [0, 0.1) is 23.2 Å². The Morgan fingerprint density at radius 1 is 1.18 bits per heavy atom. The molecule has 2 N–H and O–H groups in total. The van der Waals surface area contributed by atoms with E-state index in [1.807, 2.05) is 0 Å². The van der Waals surface area contributed by atoms with Gasteiger partial charge in [-0.05, 0) is 30.4 Å². The highest BCUT2D eigenvalue weighted by atomic mass is 16.5. The Morgan fingerprint density at radius 2 is 2.00 bits per heavy atom. The number of fused-ring (bicyclic) bond motifs is 2. The maximum absolute atomic E-state index is 12.8. The smallest absolute Gasteiger partial charge is 0.318 e. The minimum atomic E-state index is -0.234. The zero-order valence-corrected chi connectivity index (χ0v) is 22.8. The SMILES string of the molecule is Cc1cccc2cccc(N3CCc4c(nc(OCCCO)nc4N4CCN([N+](=O)[C@H]5CN5)[C@@H](CC#N)C4)C3)c12. The van der Waals surface area contributed by atoms with Crippen molar-refractivity contribution in [1.82, 2.24) is 20.3 Å². The zero-order chi connectivity index (χ0) is 27.6. The molecule has 2 aromatic carbocycles. The first kappa shape index (κ1) is 26.2. The molecule has 0 unspecified atom stereocenters. The van der Waals surface area contributed by atoms with Crippen molar-refractivity contribution in [1.29, 1.82) is 5.26 Å². The second kappa shape index (κ2) is 11.2. The van der Waals surface area contributed by atoms with Gasteiger partial charge < -0.3 is 19.6 Å². The van der Waals surface area contributed by atoms with Crippen LogP contribution in [0.5, 0.6) is 6.01 Å². The van der Waals surface area contributed by atoms with Crippen molar-refractivity contribution in [3.8, 4) is 12.1 Å². The molecule has 0 amide bonds. The van der Waals surface area contributed by atoms with Gasteiger partial charge in [-0.1, -0.05) is 30.3 Å². The molecule has 3 aromatic rings. The number of hydrogen-bond acceptors (Lipinski definition) is 9. The lowest BCUT2D eigenvalue weighted by atomic mass is 9.99. The van der Waals surface area contributed by atoms with E-state index in [0.29, 0.717) is 51.8 Å². The molecule has 40 heavy (non-hydrogen) atoms. The molecule has 0 radical (unpaired) electrons. The highest BCUT2D eigenvalue weighted by Gasteiger charge is 2.46. The minimum absolute atomic E-state index is 0.0331. The average Bonchev–Trinajstić information content (AvgIpc) is 3.82. The molecule has 2 saturated heterocycles. The monoisotopic (exact) mass is 543 g/mol. The van der Waals surface area contributed by atoms with E-state index in [9.17, 15) is 15.3 Å². The number of benzene rings is 2. The van der Waals surface area contributed by atoms with Crippen molar-refractivity contribution in [3.63, 3.8) is 0 Å². The van der Waals surface area contributed by atoms with Crippen molar-refractivity contribution in [2.24, 2.45) is 0 Å². The van der Waals surface area contributed by atoms with E-state index in [4.69, 9.17) is 14.7 Å². The quantitative estimate of drug-likeness (QED) is 0.235. The summed E-state index contributed by atoms with van der Waals surface area (Å²) in [6.07, 6.45) is 1.32. The number of ether oxygens (including phenoxy) is 1. The van der Waals surface area contributed by atoms with Gasteiger partial charge in [-0.15, -0.1) is 5.01 Å². The standard InChI is InChI=1S/C29H35N8O3/c1-20-5-2-6-21-7-3-8-25(27(20)21)34-12-10-23-24(19-34)32-29(40-16-4-15-38)33-28(23)35-13-14-36(22(18-35)9-11-30)37(39)26-17-31-26/h2-3,5-8,22,26,31,38H,4,9-10,12-19H2,1H3/q+1/t22-,26-/m0/s1. The van der Waals surface area contributed by atoms with Crippen molar-refractivity contribution in [3.05, 3.63) is 58.1 Å². The minimum Gasteiger partial charge on any atom is -0.463 e. The molecule has 0 spiro atoms. The number of hydrazine groups is 1. The second-order valence-electron chi connectivity index (χ2n) is 10.7. The molecule has 0 aliphatic carbocycles. The summed E-state index contributed by atoms with van der Waals surface area (Å²) in [6.45, 7) is 6.26. The summed E-state index contributed by atoms with van der Waals surface area (Å²) in [7, 11) is 0. The molecule has 4 heterocycles. The number of rotatable bonds is 9. The van der Waals surface area contributed by atoms with E-state index in [1.54, 1.807) is 5.01 Å². The van der Waals surface area contributed by atoms with E-state index in [1.165, 1.54) is 22.0 Å². The normalized spacial score (nSPS) is 20.3. The van der Waals surface area contributed by atoms with Crippen LogP contribution in [-0.2, 0) is 13.0 Å². The zero-order valence-electron chi connectivity index (χ0n) is 22.8. The largest absolute Gasteiger partial charge is 0.463 e. The number of aliphatic hydroxyl groups excluding tert-OH is 1. The van der Waals surface area contributed by atoms with E-state index in [-0.39, 0.29) is 25.2 Å². The molecule has 2 fully saturated rings. The van der Waals surface area contributed by atoms with Crippen LogP contribution in [0.2, 0.25) is 0 Å². The number of nitriles is 1. The number of aromatic nitrogens is 2. The molecule has 11 nitrogen and oxygen atoms in total. The van der Waals surface area contributed by atoms with Crippen LogP contribution in [0.4, 0.5) is 11.5 Å². The highest BCUT2D eigenvalue weighted by Crippen LogP contribution is 2.36. The topological polar surface area (TPSA) is 131 Å². The number of piperazine rings is 1. The van der Waals surface area contributed by atoms with Crippen LogP contribution in [0.1, 0.15) is 29.7 Å². The van der Waals surface area contributed by atoms with E-state index >= 15 is 0 Å². The number of nitroso groups, excluding NO2 is 1. The number of anilines is 2. The Kier molecular flexibility index (Phi) is 7.36. The molecule has 2 atom stereocenters. The van der Waals surface area contributed by atoms with E-state index in [2.05, 4.69) is 64.5 Å². The third-order valence-corrected chi connectivity index (χ3v) is 7.97. The number of nitrogens with one attached hydrogen (secondary N) is 1. The maximum atomic E-state index is 12.8. The summed E-state index contributed by atoms with van der Waals surface area (Å²) in [6, 6.07) is 15.1. The molecule has 0 bridgehead atoms. The first-order chi connectivity index (χ1) is 19.6. The lowest BCUT2D eigenvalue weighted by Crippen LogP contribution is -2.57. The Bertz CT molecular complexity index is 1450. The van der Waals surface area contributed by atoms with Gasteiger partial charge in [0.15, 0.2) is 0 Å². The summed E-state index contributed by atoms with van der Waals surface area (Å²) in [5, 5.41) is 26.1. The Morgan fingerprint density at radius 3 is 2.77 bits per heavy atom. The van der Waals surface area contributed by atoms with Crippen LogP contribution in [0.3, 0.4) is 0 Å². The Balaban J connectivity index is 1.32. The summed E-state index contributed by atoms with van der Waals surface area (Å²) in [5.41, 5.74) is 4.45. The summed E-state index contributed by atoms with van der Waals surface area (Å²) >= 11 is 0. The van der Waals surface area contributed by atoms with Gasteiger partial charge in [-0.3, -0.25) is 0 Å².